The van der Waals surface area contributed by atoms with Gasteiger partial charge in [0.15, 0.2) is 0 Å². The number of carbonyl (C=O) groups is 3. The molecule has 5 rings (SSSR count). The smallest absolute Gasteiger partial charge is 0.344 e. The molecule has 0 aliphatic carbocycles. The van der Waals surface area contributed by atoms with Crippen molar-refractivity contribution in [3.63, 3.8) is 0 Å². The predicted octanol–water partition coefficient (Wildman–Crippen LogP) is 7.71. The monoisotopic (exact) mass is 577 g/mol. The molecule has 0 spiro atoms. The van der Waals surface area contributed by atoms with Gasteiger partial charge in [0.2, 0.25) is 0 Å². The number of fused-ring (bicyclic) bond motifs is 1. The third kappa shape index (κ3) is 5.09. The number of esters is 1. The molecule has 4 aromatic carbocycles. The Hall–Kier alpha value is -3.39. The highest BCUT2D eigenvalue weighted by molar-refractivity contribution is 9.10. The maximum Gasteiger partial charge on any atom is 0.344 e. The molecule has 0 aromatic heterocycles. The SMILES string of the molecule is O=C(Oc1ccc(Br)cc1/C=C1\SC(=O)N(Cc2ccc(Cl)cc2)C1=O)c1cccc2ccccc12. The van der Waals surface area contributed by atoms with E-state index in [0.29, 0.717) is 16.1 Å². The molecule has 1 aliphatic rings. The summed E-state index contributed by atoms with van der Waals surface area (Å²) in [7, 11) is 0. The van der Waals surface area contributed by atoms with Gasteiger partial charge in [-0.2, -0.15) is 0 Å². The number of nitrogens with zero attached hydrogens (tertiary/aromatic N) is 1. The largest absolute Gasteiger partial charge is 0.422 e. The molecule has 1 fully saturated rings. The second-order valence-electron chi connectivity index (χ2n) is 7.99. The molecule has 0 atom stereocenters. The van der Waals surface area contributed by atoms with Gasteiger partial charge in [0.1, 0.15) is 5.75 Å². The zero-order valence-electron chi connectivity index (χ0n) is 18.6. The lowest BCUT2D eigenvalue weighted by Crippen LogP contribution is -2.27. The van der Waals surface area contributed by atoms with Gasteiger partial charge in [0.25, 0.3) is 11.1 Å². The minimum Gasteiger partial charge on any atom is -0.422 e. The first-order valence-corrected chi connectivity index (χ1v) is 12.9. The third-order valence-corrected chi connectivity index (χ3v) is 7.25. The minimum atomic E-state index is -0.514. The Kier molecular flexibility index (Phi) is 6.96. The Labute approximate surface area is 224 Å². The van der Waals surface area contributed by atoms with Crippen molar-refractivity contribution >= 4 is 73.3 Å². The molecule has 1 aliphatic heterocycles. The molecule has 0 radical (unpaired) electrons. The van der Waals surface area contributed by atoms with E-state index in [4.69, 9.17) is 16.3 Å². The molecule has 178 valence electrons. The average molecular weight is 579 g/mol. The summed E-state index contributed by atoms with van der Waals surface area (Å²) in [4.78, 5) is 40.2. The molecular weight excluding hydrogens is 562 g/mol. The van der Waals surface area contributed by atoms with Crippen LogP contribution in [0.5, 0.6) is 5.75 Å². The van der Waals surface area contributed by atoms with Gasteiger partial charge < -0.3 is 4.74 Å². The number of hydrogen-bond acceptors (Lipinski definition) is 5. The Morgan fingerprint density at radius 3 is 2.53 bits per heavy atom. The number of hydrogen-bond donors (Lipinski definition) is 0. The molecule has 0 bridgehead atoms. The lowest BCUT2D eigenvalue weighted by Gasteiger charge is -2.12. The van der Waals surface area contributed by atoms with E-state index >= 15 is 0 Å². The lowest BCUT2D eigenvalue weighted by atomic mass is 10.0. The van der Waals surface area contributed by atoms with E-state index in [1.165, 1.54) is 4.90 Å². The molecule has 5 nitrogen and oxygen atoms in total. The number of carbonyl (C=O) groups excluding carboxylic acids is 3. The average Bonchev–Trinajstić information content (AvgIpc) is 3.13. The first-order chi connectivity index (χ1) is 17.4. The van der Waals surface area contributed by atoms with Crippen molar-refractivity contribution in [3.8, 4) is 5.75 Å². The van der Waals surface area contributed by atoms with Gasteiger partial charge in [-0.15, -0.1) is 0 Å². The van der Waals surface area contributed by atoms with Crippen molar-refractivity contribution < 1.29 is 19.1 Å². The van der Waals surface area contributed by atoms with Gasteiger partial charge in [-0.25, -0.2) is 4.79 Å². The maximum absolute atomic E-state index is 13.1. The van der Waals surface area contributed by atoms with E-state index in [0.717, 1.165) is 32.6 Å². The summed E-state index contributed by atoms with van der Waals surface area (Å²) in [5.41, 5.74) is 1.72. The van der Waals surface area contributed by atoms with Gasteiger partial charge in [-0.3, -0.25) is 14.5 Å². The van der Waals surface area contributed by atoms with Crippen molar-refractivity contribution in [1.29, 1.82) is 0 Å². The summed E-state index contributed by atoms with van der Waals surface area (Å²) in [6.45, 7) is 0.139. The van der Waals surface area contributed by atoms with Gasteiger partial charge in [0, 0.05) is 15.1 Å². The van der Waals surface area contributed by atoms with Crippen molar-refractivity contribution in [2.75, 3.05) is 0 Å². The fourth-order valence-corrected chi connectivity index (χ4v) is 5.17. The topological polar surface area (TPSA) is 63.7 Å². The van der Waals surface area contributed by atoms with Crippen molar-refractivity contribution in [1.82, 2.24) is 4.90 Å². The maximum atomic E-state index is 13.1. The quantitative estimate of drug-likeness (QED) is 0.138. The first-order valence-electron chi connectivity index (χ1n) is 10.9. The van der Waals surface area contributed by atoms with E-state index in [-0.39, 0.29) is 22.4 Å². The van der Waals surface area contributed by atoms with Crippen LogP contribution in [-0.4, -0.2) is 22.0 Å². The van der Waals surface area contributed by atoms with E-state index in [1.54, 1.807) is 60.7 Å². The van der Waals surface area contributed by atoms with Crippen molar-refractivity contribution in [2.24, 2.45) is 0 Å². The zero-order valence-corrected chi connectivity index (χ0v) is 21.8. The van der Waals surface area contributed by atoms with Crippen molar-refractivity contribution in [3.05, 3.63) is 116 Å². The van der Waals surface area contributed by atoms with Crippen LogP contribution in [-0.2, 0) is 11.3 Å². The number of benzene rings is 4. The Balaban J connectivity index is 1.42. The molecular formula is C28H17BrClNO4S. The number of thioether (sulfide) groups is 1. The number of halogens is 2. The number of rotatable bonds is 5. The lowest BCUT2D eigenvalue weighted by molar-refractivity contribution is -0.123. The normalized spacial score (nSPS) is 14.6. The van der Waals surface area contributed by atoms with Crippen LogP contribution < -0.4 is 4.74 Å². The Morgan fingerprint density at radius 2 is 1.72 bits per heavy atom. The molecule has 1 saturated heterocycles. The van der Waals surface area contributed by atoms with Crippen LogP contribution in [0.1, 0.15) is 21.5 Å². The number of amides is 2. The van der Waals surface area contributed by atoms with Crippen LogP contribution in [0, 0.1) is 0 Å². The van der Waals surface area contributed by atoms with E-state index in [2.05, 4.69) is 15.9 Å². The summed E-state index contributed by atoms with van der Waals surface area (Å²) in [5.74, 6) is -0.647. The number of imide groups is 1. The summed E-state index contributed by atoms with van der Waals surface area (Å²) >= 11 is 10.2. The standard InChI is InChI=1S/C28H17BrClNO4S/c29-20-10-13-24(35-27(33)23-7-3-5-18-4-1-2-6-22(18)23)19(14-20)15-25-26(32)31(28(34)36-25)16-17-8-11-21(30)12-9-17/h1-15H,16H2/b25-15-. The molecule has 36 heavy (non-hydrogen) atoms. The van der Waals surface area contributed by atoms with E-state index in [1.807, 2.05) is 30.3 Å². The fourth-order valence-electron chi connectivity index (χ4n) is 3.83. The fraction of sp³-hybridized carbons (Fsp3) is 0.0357. The van der Waals surface area contributed by atoms with Crippen molar-refractivity contribution in [2.45, 2.75) is 6.54 Å². The highest BCUT2D eigenvalue weighted by Crippen LogP contribution is 2.36. The van der Waals surface area contributed by atoms with E-state index in [9.17, 15) is 14.4 Å². The van der Waals surface area contributed by atoms with E-state index < -0.39 is 11.9 Å². The Bertz CT molecular complexity index is 1550. The Morgan fingerprint density at radius 1 is 0.972 bits per heavy atom. The number of ether oxygens (including phenoxy) is 1. The molecule has 2 amide bonds. The van der Waals surface area contributed by atoms with Crippen LogP contribution in [0.4, 0.5) is 4.79 Å². The molecule has 0 saturated carbocycles. The van der Waals surface area contributed by atoms with Crippen LogP contribution in [0.15, 0.2) is 94.3 Å². The van der Waals surface area contributed by atoms with Gasteiger partial charge in [0.05, 0.1) is 17.0 Å². The molecule has 4 aromatic rings. The highest BCUT2D eigenvalue weighted by atomic mass is 79.9. The van der Waals surface area contributed by atoms with Gasteiger partial charge >= 0.3 is 5.97 Å². The molecule has 0 N–H and O–H groups in total. The summed E-state index contributed by atoms with van der Waals surface area (Å²) in [6, 6.07) is 25.1. The third-order valence-electron chi connectivity index (χ3n) is 5.60. The highest BCUT2D eigenvalue weighted by Gasteiger charge is 2.35. The van der Waals surface area contributed by atoms with Crippen LogP contribution in [0.25, 0.3) is 16.8 Å². The van der Waals surface area contributed by atoms with Crippen LogP contribution in [0.3, 0.4) is 0 Å². The second-order valence-corrected chi connectivity index (χ2v) is 10.3. The van der Waals surface area contributed by atoms with Gasteiger partial charge in [-0.1, -0.05) is 76.1 Å². The predicted molar refractivity (Wildman–Crippen MR) is 146 cm³/mol. The zero-order chi connectivity index (χ0) is 25.2. The van der Waals surface area contributed by atoms with Crippen LogP contribution >= 0.6 is 39.3 Å². The molecule has 1 heterocycles. The molecule has 0 unspecified atom stereocenters. The summed E-state index contributed by atoms with van der Waals surface area (Å²) in [6.07, 6.45) is 1.57. The van der Waals surface area contributed by atoms with Gasteiger partial charge in [-0.05, 0) is 70.6 Å². The minimum absolute atomic E-state index is 0.139. The van der Waals surface area contributed by atoms with Crippen LogP contribution in [0.2, 0.25) is 5.02 Å². The first kappa shape index (κ1) is 24.3. The molecule has 8 heteroatoms. The second kappa shape index (κ2) is 10.3. The summed E-state index contributed by atoms with van der Waals surface area (Å²) < 4.78 is 6.50. The summed E-state index contributed by atoms with van der Waals surface area (Å²) in [5, 5.41) is 1.92.